The van der Waals surface area contributed by atoms with Crippen LogP contribution in [0.25, 0.3) is 16.9 Å². The summed E-state index contributed by atoms with van der Waals surface area (Å²) in [5, 5.41) is 4.71. The molecule has 1 aromatic heterocycles. The molecule has 2 N–H and O–H groups in total. The van der Waals surface area contributed by atoms with Crippen molar-refractivity contribution >= 4 is 12.4 Å². The molecule has 0 fully saturated rings. The van der Waals surface area contributed by atoms with Gasteiger partial charge in [-0.3, -0.25) is 0 Å². The fourth-order valence-corrected chi connectivity index (χ4v) is 2.44. The van der Waals surface area contributed by atoms with Crippen molar-refractivity contribution in [2.75, 3.05) is 6.61 Å². The second-order valence-corrected chi connectivity index (χ2v) is 5.36. The predicted octanol–water partition coefficient (Wildman–Crippen LogP) is 4.21. The molecule has 0 aliphatic rings. The highest BCUT2D eigenvalue weighted by molar-refractivity contribution is 5.85. The van der Waals surface area contributed by atoms with Gasteiger partial charge in [-0.2, -0.15) is 5.10 Å². The van der Waals surface area contributed by atoms with Crippen molar-refractivity contribution in [2.45, 2.75) is 19.9 Å². The van der Waals surface area contributed by atoms with E-state index in [9.17, 15) is 0 Å². The minimum Gasteiger partial charge on any atom is -0.494 e. The Kier molecular flexibility index (Phi) is 6.41. The van der Waals surface area contributed by atoms with Crippen molar-refractivity contribution in [3.05, 3.63) is 66.4 Å². The molecule has 0 spiro atoms. The molecule has 3 aromatic rings. The molecule has 0 aliphatic carbocycles. The minimum atomic E-state index is 0. The molecule has 24 heavy (non-hydrogen) atoms. The third-order valence-corrected chi connectivity index (χ3v) is 3.63. The van der Waals surface area contributed by atoms with Crippen LogP contribution in [0.3, 0.4) is 0 Å². The lowest BCUT2D eigenvalue weighted by molar-refractivity contribution is 0.317. The van der Waals surface area contributed by atoms with E-state index >= 15 is 0 Å². The second-order valence-electron chi connectivity index (χ2n) is 5.36. The molecule has 126 valence electrons. The standard InChI is InChI=1S/C19H21N3O.ClH/c1-2-12-23-18-10-8-15(9-11-18)19-16(13-20)14-22(21-19)17-6-4-3-5-7-17;/h3-11,14H,2,12-13,20H2,1H3;1H. The number of nitrogens with zero attached hydrogens (tertiary/aromatic N) is 2. The van der Waals surface area contributed by atoms with Gasteiger partial charge in [-0.25, -0.2) is 4.68 Å². The summed E-state index contributed by atoms with van der Waals surface area (Å²) < 4.78 is 7.50. The van der Waals surface area contributed by atoms with Gasteiger partial charge in [0.05, 0.1) is 18.0 Å². The van der Waals surface area contributed by atoms with E-state index in [0.29, 0.717) is 6.54 Å². The molecular formula is C19H22ClN3O. The van der Waals surface area contributed by atoms with Crippen LogP contribution in [-0.4, -0.2) is 16.4 Å². The normalized spacial score (nSPS) is 10.2. The smallest absolute Gasteiger partial charge is 0.119 e. The van der Waals surface area contributed by atoms with Crippen molar-refractivity contribution in [3.8, 4) is 22.7 Å². The lowest BCUT2D eigenvalue weighted by Crippen LogP contribution is -1.97. The van der Waals surface area contributed by atoms with Crippen molar-refractivity contribution in [2.24, 2.45) is 5.73 Å². The molecule has 0 amide bonds. The van der Waals surface area contributed by atoms with Crippen LogP contribution in [0.2, 0.25) is 0 Å². The number of hydrogen-bond donors (Lipinski definition) is 1. The minimum absolute atomic E-state index is 0. The summed E-state index contributed by atoms with van der Waals surface area (Å²) in [4.78, 5) is 0. The summed E-state index contributed by atoms with van der Waals surface area (Å²) in [6.07, 6.45) is 2.99. The van der Waals surface area contributed by atoms with Crippen LogP contribution in [0.4, 0.5) is 0 Å². The van der Waals surface area contributed by atoms with Gasteiger partial charge in [0, 0.05) is 23.9 Å². The molecule has 0 unspecified atom stereocenters. The average molecular weight is 344 g/mol. The number of aromatic nitrogens is 2. The van der Waals surface area contributed by atoms with Gasteiger partial charge in [0.15, 0.2) is 0 Å². The largest absolute Gasteiger partial charge is 0.494 e. The number of benzene rings is 2. The fraction of sp³-hybridized carbons (Fsp3) is 0.211. The first-order valence-electron chi connectivity index (χ1n) is 7.89. The van der Waals surface area contributed by atoms with Gasteiger partial charge in [-0.05, 0) is 42.8 Å². The highest BCUT2D eigenvalue weighted by Crippen LogP contribution is 2.25. The number of ether oxygens (including phenoxy) is 1. The highest BCUT2D eigenvalue weighted by Gasteiger charge is 2.11. The Hall–Kier alpha value is -2.30. The molecule has 0 saturated heterocycles. The summed E-state index contributed by atoms with van der Waals surface area (Å²) in [5.74, 6) is 0.882. The molecule has 0 aliphatic heterocycles. The Morgan fingerprint density at radius 3 is 2.38 bits per heavy atom. The van der Waals surface area contributed by atoms with E-state index < -0.39 is 0 Å². The lowest BCUT2D eigenvalue weighted by atomic mass is 10.1. The van der Waals surface area contributed by atoms with Gasteiger partial charge in [-0.15, -0.1) is 12.4 Å². The Morgan fingerprint density at radius 1 is 1.04 bits per heavy atom. The monoisotopic (exact) mass is 343 g/mol. The molecule has 0 atom stereocenters. The van der Waals surface area contributed by atoms with Gasteiger partial charge in [0.25, 0.3) is 0 Å². The summed E-state index contributed by atoms with van der Waals surface area (Å²) in [6.45, 7) is 3.28. The SMILES string of the molecule is CCCOc1ccc(-c2nn(-c3ccccc3)cc2CN)cc1.Cl. The first-order chi connectivity index (χ1) is 11.3. The number of halogens is 1. The molecule has 1 heterocycles. The van der Waals surface area contributed by atoms with E-state index in [0.717, 1.165) is 41.3 Å². The quantitative estimate of drug-likeness (QED) is 0.729. The van der Waals surface area contributed by atoms with Crippen molar-refractivity contribution in [1.82, 2.24) is 9.78 Å². The first kappa shape index (κ1) is 18.0. The van der Waals surface area contributed by atoms with Crippen LogP contribution >= 0.6 is 12.4 Å². The maximum atomic E-state index is 5.90. The molecule has 4 nitrogen and oxygen atoms in total. The van der Waals surface area contributed by atoms with Gasteiger partial charge in [0.1, 0.15) is 5.75 Å². The van der Waals surface area contributed by atoms with E-state index in [1.165, 1.54) is 0 Å². The van der Waals surface area contributed by atoms with Gasteiger partial charge in [0.2, 0.25) is 0 Å². The third kappa shape index (κ3) is 3.96. The maximum Gasteiger partial charge on any atom is 0.119 e. The topological polar surface area (TPSA) is 53.1 Å². The number of para-hydroxylation sites is 1. The molecule has 0 bridgehead atoms. The second kappa shape index (κ2) is 8.52. The third-order valence-electron chi connectivity index (χ3n) is 3.63. The summed E-state index contributed by atoms with van der Waals surface area (Å²) in [6, 6.07) is 18.1. The molecule has 5 heteroatoms. The molecule has 0 saturated carbocycles. The van der Waals surface area contributed by atoms with Crippen LogP contribution in [-0.2, 0) is 6.54 Å². The average Bonchev–Trinajstić information content (AvgIpc) is 3.05. The predicted molar refractivity (Wildman–Crippen MR) is 99.9 cm³/mol. The molecule has 2 aromatic carbocycles. The van der Waals surface area contributed by atoms with Crippen molar-refractivity contribution < 1.29 is 4.74 Å². The van der Waals surface area contributed by atoms with E-state index in [-0.39, 0.29) is 12.4 Å². The summed E-state index contributed by atoms with van der Waals surface area (Å²) >= 11 is 0. The van der Waals surface area contributed by atoms with Crippen LogP contribution in [0.15, 0.2) is 60.8 Å². The van der Waals surface area contributed by atoms with Crippen molar-refractivity contribution in [1.29, 1.82) is 0 Å². The Labute approximate surface area is 148 Å². The Balaban J connectivity index is 0.00000208. The highest BCUT2D eigenvalue weighted by atomic mass is 35.5. The molecule has 3 rings (SSSR count). The zero-order valence-corrected chi connectivity index (χ0v) is 14.5. The molecular weight excluding hydrogens is 322 g/mol. The van der Waals surface area contributed by atoms with E-state index in [1.807, 2.05) is 65.5 Å². The number of rotatable bonds is 6. The van der Waals surface area contributed by atoms with E-state index in [1.54, 1.807) is 0 Å². The zero-order chi connectivity index (χ0) is 16.1. The van der Waals surface area contributed by atoms with Gasteiger partial charge >= 0.3 is 0 Å². The lowest BCUT2D eigenvalue weighted by Gasteiger charge is -2.05. The Morgan fingerprint density at radius 2 is 1.75 bits per heavy atom. The van der Waals surface area contributed by atoms with Gasteiger partial charge in [-0.1, -0.05) is 25.1 Å². The first-order valence-corrected chi connectivity index (χ1v) is 7.89. The van der Waals surface area contributed by atoms with Gasteiger partial charge < -0.3 is 10.5 Å². The van der Waals surface area contributed by atoms with Crippen LogP contribution in [0.5, 0.6) is 5.75 Å². The molecule has 0 radical (unpaired) electrons. The van der Waals surface area contributed by atoms with E-state index in [2.05, 4.69) is 6.92 Å². The van der Waals surface area contributed by atoms with Crippen LogP contribution in [0, 0.1) is 0 Å². The van der Waals surface area contributed by atoms with E-state index in [4.69, 9.17) is 15.6 Å². The van der Waals surface area contributed by atoms with Crippen LogP contribution in [0.1, 0.15) is 18.9 Å². The van der Waals surface area contributed by atoms with Crippen LogP contribution < -0.4 is 10.5 Å². The fourth-order valence-electron chi connectivity index (χ4n) is 2.44. The summed E-state index contributed by atoms with van der Waals surface area (Å²) in [5.41, 5.74) is 9.91. The summed E-state index contributed by atoms with van der Waals surface area (Å²) in [7, 11) is 0. The number of hydrogen-bond acceptors (Lipinski definition) is 3. The van der Waals surface area contributed by atoms with Crippen molar-refractivity contribution in [3.63, 3.8) is 0 Å². The zero-order valence-electron chi connectivity index (χ0n) is 13.7. The Bertz CT molecular complexity index is 754. The number of nitrogens with two attached hydrogens (primary N) is 1. The maximum absolute atomic E-state index is 5.90.